The molecule has 3 aromatic rings. The zero-order valence-corrected chi connectivity index (χ0v) is 13.9. The lowest BCUT2D eigenvalue weighted by Crippen LogP contribution is -2.21. The Hall–Kier alpha value is -3.35. The highest BCUT2D eigenvalue weighted by Gasteiger charge is 2.15. The molecule has 25 heavy (non-hydrogen) atoms. The molecular weight excluding hydrogens is 322 g/mol. The molecule has 0 saturated heterocycles. The molecule has 128 valence electrons. The largest absolute Gasteiger partial charge is 0.497 e. The van der Waals surface area contributed by atoms with E-state index in [0.29, 0.717) is 11.4 Å². The van der Waals surface area contributed by atoms with Crippen molar-refractivity contribution in [2.24, 2.45) is 0 Å². The monoisotopic (exact) mass is 339 g/mol. The van der Waals surface area contributed by atoms with Crippen LogP contribution in [0.3, 0.4) is 0 Å². The minimum absolute atomic E-state index is 0.139. The molecule has 0 fully saturated rings. The van der Waals surface area contributed by atoms with Crippen molar-refractivity contribution in [3.05, 3.63) is 54.1 Å². The highest BCUT2D eigenvalue weighted by Crippen LogP contribution is 2.26. The Morgan fingerprint density at radius 2 is 1.88 bits per heavy atom. The number of ether oxygens (including phenoxy) is 2. The standard InChI is InChI=1S/C18H17N3O4/c1-12-5-3-4-6-15(12)24-11-16(22)19-18-17(20-25-21-18)13-7-9-14(23-2)10-8-13/h3-10H,11H2,1-2H3,(H,19,21,22). The van der Waals surface area contributed by atoms with Gasteiger partial charge in [-0.25, -0.2) is 4.63 Å². The van der Waals surface area contributed by atoms with Gasteiger partial charge in [0.1, 0.15) is 11.5 Å². The summed E-state index contributed by atoms with van der Waals surface area (Å²) in [7, 11) is 1.59. The zero-order valence-electron chi connectivity index (χ0n) is 13.9. The van der Waals surface area contributed by atoms with E-state index in [0.717, 1.165) is 16.9 Å². The fourth-order valence-corrected chi connectivity index (χ4v) is 2.24. The lowest BCUT2D eigenvalue weighted by Gasteiger charge is -2.08. The first-order valence-corrected chi connectivity index (χ1v) is 7.62. The van der Waals surface area contributed by atoms with Crippen molar-refractivity contribution in [2.45, 2.75) is 6.92 Å². The van der Waals surface area contributed by atoms with Gasteiger partial charge in [-0.3, -0.25) is 4.79 Å². The number of hydrogen-bond acceptors (Lipinski definition) is 6. The average molecular weight is 339 g/mol. The normalized spacial score (nSPS) is 10.3. The molecule has 1 aromatic heterocycles. The SMILES string of the molecule is COc1ccc(-c2nonc2NC(=O)COc2ccccc2C)cc1. The van der Waals surface area contributed by atoms with Crippen LogP contribution in [0, 0.1) is 6.92 Å². The van der Waals surface area contributed by atoms with Gasteiger partial charge in [0.25, 0.3) is 5.91 Å². The van der Waals surface area contributed by atoms with Crippen LogP contribution in [0.2, 0.25) is 0 Å². The predicted molar refractivity (Wildman–Crippen MR) is 91.6 cm³/mol. The molecule has 3 rings (SSSR count). The summed E-state index contributed by atoms with van der Waals surface area (Å²) < 4.78 is 15.4. The van der Waals surface area contributed by atoms with E-state index in [1.54, 1.807) is 31.4 Å². The van der Waals surface area contributed by atoms with E-state index in [1.807, 2.05) is 31.2 Å². The van der Waals surface area contributed by atoms with E-state index < -0.39 is 0 Å². The quantitative estimate of drug-likeness (QED) is 0.743. The molecule has 0 spiro atoms. The Morgan fingerprint density at radius 3 is 2.60 bits per heavy atom. The lowest BCUT2D eigenvalue weighted by molar-refractivity contribution is -0.118. The molecule has 0 unspecified atom stereocenters. The summed E-state index contributed by atoms with van der Waals surface area (Å²) in [5.74, 6) is 1.26. The predicted octanol–water partition coefficient (Wildman–Crippen LogP) is 3.07. The van der Waals surface area contributed by atoms with Crippen LogP contribution in [-0.4, -0.2) is 29.9 Å². The first-order valence-electron chi connectivity index (χ1n) is 7.62. The van der Waals surface area contributed by atoms with Gasteiger partial charge in [-0.05, 0) is 53.1 Å². The van der Waals surface area contributed by atoms with E-state index >= 15 is 0 Å². The number of anilines is 1. The second kappa shape index (κ2) is 7.48. The van der Waals surface area contributed by atoms with E-state index in [2.05, 4.69) is 15.6 Å². The molecular formula is C18H17N3O4. The molecule has 2 aromatic carbocycles. The van der Waals surface area contributed by atoms with Crippen molar-refractivity contribution in [2.75, 3.05) is 19.0 Å². The van der Waals surface area contributed by atoms with Gasteiger partial charge in [0.2, 0.25) is 5.82 Å². The van der Waals surface area contributed by atoms with Crippen molar-refractivity contribution >= 4 is 11.7 Å². The van der Waals surface area contributed by atoms with Crippen molar-refractivity contribution in [1.29, 1.82) is 0 Å². The van der Waals surface area contributed by atoms with E-state index in [-0.39, 0.29) is 18.3 Å². The van der Waals surface area contributed by atoms with Gasteiger partial charge in [-0.15, -0.1) is 0 Å². The molecule has 0 atom stereocenters. The minimum atomic E-state index is -0.353. The van der Waals surface area contributed by atoms with Crippen LogP contribution in [0.15, 0.2) is 53.2 Å². The third-order valence-electron chi connectivity index (χ3n) is 3.56. The first kappa shape index (κ1) is 16.5. The van der Waals surface area contributed by atoms with E-state index in [1.165, 1.54) is 0 Å². The van der Waals surface area contributed by atoms with Crippen LogP contribution in [0.4, 0.5) is 5.82 Å². The molecule has 1 amide bonds. The number of carbonyl (C=O) groups excluding carboxylic acids is 1. The molecule has 1 heterocycles. The number of hydrogen-bond donors (Lipinski definition) is 1. The molecule has 7 nitrogen and oxygen atoms in total. The minimum Gasteiger partial charge on any atom is -0.497 e. The number of rotatable bonds is 6. The number of para-hydroxylation sites is 1. The molecule has 1 N–H and O–H groups in total. The topological polar surface area (TPSA) is 86.5 Å². The van der Waals surface area contributed by atoms with Gasteiger partial charge < -0.3 is 14.8 Å². The van der Waals surface area contributed by atoms with E-state index in [9.17, 15) is 4.79 Å². The van der Waals surface area contributed by atoms with Crippen molar-refractivity contribution in [3.8, 4) is 22.8 Å². The zero-order chi connectivity index (χ0) is 17.6. The van der Waals surface area contributed by atoms with Crippen LogP contribution in [0.1, 0.15) is 5.56 Å². The number of carbonyl (C=O) groups is 1. The van der Waals surface area contributed by atoms with Crippen molar-refractivity contribution in [3.63, 3.8) is 0 Å². The highest BCUT2D eigenvalue weighted by molar-refractivity contribution is 5.94. The molecule has 0 aliphatic carbocycles. The van der Waals surface area contributed by atoms with Gasteiger partial charge in [0, 0.05) is 5.56 Å². The fraction of sp³-hybridized carbons (Fsp3) is 0.167. The Kier molecular flexibility index (Phi) is 4.94. The fourth-order valence-electron chi connectivity index (χ4n) is 2.24. The number of amides is 1. The molecule has 0 aliphatic heterocycles. The number of nitrogens with one attached hydrogen (secondary N) is 1. The summed E-state index contributed by atoms with van der Waals surface area (Å²) in [6.45, 7) is 1.77. The number of nitrogens with zero attached hydrogens (tertiary/aromatic N) is 2. The summed E-state index contributed by atoms with van der Waals surface area (Å²) in [5, 5.41) is 10.2. The first-order chi connectivity index (χ1) is 12.2. The molecule has 0 bridgehead atoms. The summed E-state index contributed by atoms with van der Waals surface area (Å²) in [6, 6.07) is 14.7. The number of aryl methyl sites for hydroxylation is 1. The molecule has 0 radical (unpaired) electrons. The highest BCUT2D eigenvalue weighted by atomic mass is 16.6. The third kappa shape index (κ3) is 3.95. The maximum absolute atomic E-state index is 12.1. The lowest BCUT2D eigenvalue weighted by atomic mass is 10.1. The maximum Gasteiger partial charge on any atom is 0.263 e. The average Bonchev–Trinajstić information content (AvgIpc) is 3.09. The Bertz CT molecular complexity index is 859. The summed E-state index contributed by atoms with van der Waals surface area (Å²) in [4.78, 5) is 12.1. The van der Waals surface area contributed by atoms with Crippen LogP contribution in [0.5, 0.6) is 11.5 Å². The summed E-state index contributed by atoms with van der Waals surface area (Å²) in [5.41, 5.74) is 2.14. The third-order valence-corrected chi connectivity index (χ3v) is 3.56. The second-order valence-electron chi connectivity index (χ2n) is 5.29. The summed E-state index contributed by atoms with van der Waals surface area (Å²) in [6.07, 6.45) is 0. The van der Waals surface area contributed by atoms with Crippen LogP contribution in [-0.2, 0) is 4.79 Å². The second-order valence-corrected chi connectivity index (χ2v) is 5.29. The van der Waals surface area contributed by atoms with Crippen LogP contribution in [0.25, 0.3) is 11.3 Å². The molecule has 7 heteroatoms. The van der Waals surface area contributed by atoms with Crippen LogP contribution >= 0.6 is 0 Å². The smallest absolute Gasteiger partial charge is 0.263 e. The van der Waals surface area contributed by atoms with Gasteiger partial charge >= 0.3 is 0 Å². The van der Waals surface area contributed by atoms with Crippen molar-refractivity contribution < 1.29 is 18.9 Å². The Balaban J connectivity index is 1.66. The van der Waals surface area contributed by atoms with Gasteiger partial charge in [0.15, 0.2) is 12.3 Å². The van der Waals surface area contributed by atoms with Crippen LogP contribution < -0.4 is 14.8 Å². The number of aromatic nitrogens is 2. The van der Waals surface area contributed by atoms with Crippen molar-refractivity contribution in [1.82, 2.24) is 10.3 Å². The Labute approximate surface area is 144 Å². The van der Waals surface area contributed by atoms with Gasteiger partial charge in [0.05, 0.1) is 7.11 Å². The molecule has 0 saturated carbocycles. The molecule has 0 aliphatic rings. The maximum atomic E-state index is 12.1. The number of benzene rings is 2. The number of methoxy groups -OCH3 is 1. The van der Waals surface area contributed by atoms with Gasteiger partial charge in [-0.2, -0.15) is 0 Å². The van der Waals surface area contributed by atoms with E-state index in [4.69, 9.17) is 14.1 Å². The Morgan fingerprint density at radius 1 is 1.12 bits per heavy atom. The summed E-state index contributed by atoms with van der Waals surface area (Å²) >= 11 is 0. The van der Waals surface area contributed by atoms with Gasteiger partial charge in [-0.1, -0.05) is 18.2 Å².